The maximum Gasteiger partial charge on any atom is 0.494 e. The fraction of sp³-hybridized carbons (Fsp3) is 0.316. The highest BCUT2D eigenvalue weighted by atomic mass is 35.5. The van der Waals surface area contributed by atoms with E-state index < -0.39 is 18.3 Å². The van der Waals surface area contributed by atoms with Gasteiger partial charge in [-0.15, -0.1) is 0 Å². The fourth-order valence-corrected chi connectivity index (χ4v) is 2.93. The van der Waals surface area contributed by atoms with Crippen molar-refractivity contribution in [1.29, 1.82) is 5.26 Å². The Morgan fingerprint density at radius 1 is 0.958 bits per heavy atom. The maximum absolute atomic E-state index is 9.57. The summed E-state index contributed by atoms with van der Waals surface area (Å²) < 4.78 is 12.1. The van der Waals surface area contributed by atoms with Gasteiger partial charge in [0.25, 0.3) is 0 Å². The van der Waals surface area contributed by atoms with Crippen molar-refractivity contribution in [3.63, 3.8) is 0 Å². The van der Waals surface area contributed by atoms with E-state index in [1.807, 2.05) is 70.2 Å². The third-order valence-corrected chi connectivity index (χ3v) is 5.18. The molecule has 1 aliphatic rings. The summed E-state index contributed by atoms with van der Waals surface area (Å²) >= 11 is 6.27. The minimum atomic E-state index is -0.484. The van der Waals surface area contributed by atoms with Crippen LogP contribution in [0.1, 0.15) is 33.3 Å². The van der Waals surface area contributed by atoms with Crippen molar-refractivity contribution in [2.75, 3.05) is 0 Å². The molecule has 1 fully saturated rings. The van der Waals surface area contributed by atoms with E-state index in [0.717, 1.165) is 16.6 Å². The lowest BCUT2D eigenvalue weighted by Crippen LogP contribution is -2.41. The second kappa shape index (κ2) is 5.93. The van der Waals surface area contributed by atoms with E-state index in [4.69, 9.17) is 20.9 Å². The quantitative estimate of drug-likeness (QED) is 0.771. The molecule has 1 saturated heterocycles. The third-order valence-electron chi connectivity index (χ3n) is 4.85. The van der Waals surface area contributed by atoms with Gasteiger partial charge in [-0.2, -0.15) is 5.26 Å². The van der Waals surface area contributed by atoms with Crippen molar-refractivity contribution in [3.05, 3.63) is 53.1 Å². The van der Waals surface area contributed by atoms with E-state index >= 15 is 0 Å². The molecule has 0 aliphatic carbocycles. The van der Waals surface area contributed by atoms with Crippen LogP contribution in [-0.2, 0) is 9.31 Å². The molecule has 3 rings (SSSR count). The molecule has 5 heteroatoms. The summed E-state index contributed by atoms with van der Waals surface area (Å²) in [5.74, 6) is 0. The molecule has 0 spiro atoms. The zero-order valence-electron chi connectivity index (χ0n) is 14.3. The topological polar surface area (TPSA) is 42.2 Å². The van der Waals surface area contributed by atoms with Gasteiger partial charge >= 0.3 is 7.12 Å². The van der Waals surface area contributed by atoms with Crippen LogP contribution in [0.5, 0.6) is 0 Å². The number of halogens is 1. The van der Waals surface area contributed by atoms with Crippen LogP contribution in [0.15, 0.2) is 42.5 Å². The molecule has 0 N–H and O–H groups in total. The van der Waals surface area contributed by atoms with Crippen LogP contribution in [0.2, 0.25) is 5.02 Å². The van der Waals surface area contributed by atoms with Crippen molar-refractivity contribution < 1.29 is 9.31 Å². The Morgan fingerprint density at radius 3 is 2.17 bits per heavy atom. The Hall–Kier alpha value is -1.80. The first-order valence-corrected chi connectivity index (χ1v) is 8.27. The SMILES string of the molecule is CC1(C)OB(c2ccc(-c3ccccc3Cl)c(C#N)c2)OC1(C)C. The molecule has 0 bridgehead atoms. The summed E-state index contributed by atoms with van der Waals surface area (Å²) in [6.45, 7) is 8.04. The highest BCUT2D eigenvalue weighted by Gasteiger charge is 2.51. The highest BCUT2D eigenvalue weighted by Crippen LogP contribution is 2.37. The Morgan fingerprint density at radius 2 is 1.58 bits per heavy atom. The van der Waals surface area contributed by atoms with Crippen LogP contribution in [0.3, 0.4) is 0 Å². The summed E-state index contributed by atoms with van der Waals surface area (Å²) in [5.41, 5.74) is 2.22. The molecule has 24 heavy (non-hydrogen) atoms. The molecule has 0 amide bonds. The summed E-state index contributed by atoms with van der Waals surface area (Å²) in [4.78, 5) is 0. The summed E-state index contributed by atoms with van der Waals surface area (Å²) in [6, 6.07) is 15.4. The number of rotatable bonds is 2. The molecule has 1 aliphatic heterocycles. The summed E-state index contributed by atoms with van der Waals surface area (Å²) in [6.07, 6.45) is 0. The molecule has 1 heterocycles. The Bertz CT molecular complexity index is 810. The highest BCUT2D eigenvalue weighted by molar-refractivity contribution is 6.62. The van der Waals surface area contributed by atoms with Gasteiger partial charge in [0.15, 0.2) is 0 Å². The van der Waals surface area contributed by atoms with E-state index in [9.17, 15) is 5.26 Å². The lowest BCUT2D eigenvalue weighted by atomic mass is 9.77. The first-order valence-electron chi connectivity index (χ1n) is 7.90. The largest absolute Gasteiger partial charge is 0.494 e. The Kier molecular flexibility index (Phi) is 4.21. The van der Waals surface area contributed by atoms with Crippen molar-refractivity contribution in [2.24, 2.45) is 0 Å². The van der Waals surface area contributed by atoms with Gasteiger partial charge in [0.1, 0.15) is 0 Å². The smallest absolute Gasteiger partial charge is 0.399 e. The average molecular weight is 340 g/mol. The number of hydrogen-bond acceptors (Lipinski definition) is 3. The van der Waals surface area contributed by atoms with Crippen molar-refractivity contribution >= 4 is 24.2 Å². The Labute approximate surface area is 148 Å². The molecule has 2 aromatic rings. The lowest BCUT2D eigenvalue weighted by Gasteiger charge is -2.32. The monoisotopic (exact) mass is 339 g/mol. The molecule has 0 aromatic heterocycles. The van der Waals surface area contributed by atoms with Crippen LogP contribution in [0.4, 0.5) is 0 Å². The first-order chi connectivity index (χ1) is 11.2. The Balaban J connectivity index is 2.00. The van der Waals surface area contributed by atoms with Gasteiger partial charge in [0.2, 0.25) is 0 Å². The fourth-order valence-electron chi connectivity index (χ4n) is 2.69. The standard InChI is InChI=1S/C19H19BClNO2/c1-18(2)19(3,4)24-20(23-18)14-9-10-15(13(11-14)12-22)16-7-5-6-8-17(16)21/h5-11H,1-4H3. The third kappa shape index (κ3) is 2.84. The van der Waals surface area contributed by atoms with E-state index in [2.05, 4.69) is 6.07 Å². The normalized spacial score (nSPS) is 18.4. The van der Waals surface area contributed by atoms with E-state index in [-0.39, 0.29) is 0 Å². The average Bonchev–Trinajstić information content (AvgIpc) is 2.75. The maximum atomic E-state index is 9.57. The number of hydrogen-bond donors (Lipinski definition) is 0. The molecule has 3 nitrogen and oxygen atoms in total. The molecule has 0 saturated carbocycles. The summed E-state index contributed by atoms with van der Waals surface area (Å²) in [7, 11) is -0.484. The molecular weight excluding hydrogens is 320 g/mol. The summed E-state index contributed by atoms with van der Waals surface area (Å²) in [5, 5.41) is 10.2. The van der Waals surface area contributed by atoms with Crippen molar-refractivity contribution in [2.45, 2.75) is 38.9 Å². The second-order valence-electron chi connectivity index (χ2n) is 6.98. The van der Waals surface area contributed by atoms with Gasteiger partial charge in [-0.1, -0.05) is 41.9 Å². The van der Waals surface area contributed by atoms with Crippen LogP contribution >= 0.6 is 11.6 Å². The zero-order chi connectivity index (χ0) is 17.5. The van der Waals surface area contributed by atoms with Crippen molar-refractivity contribution in [3.8, 4) is 17.2 Å². The van der Waals surface area contributed by atoms with E-state index in [0.29, 0.717) is 10.6 Å². The van der Waals surface area contributed by atoms with Crippen LogP contribution in [0, 0.1) is 11.3 Å². The number of benzene rings is 2. The predicted molar refractivity (Wildman–Crippen MR) is 97.3 cm³/mol. The molecule has 2 aromatic carbocycles. The minimum absolute atomic E-state index is 0.411. The molecular formula is C19H19BClNO2. The van der Waals surface area contributed by atoms with E-state index in [1.54, 1.807) is 0 Å². The predicted octanol–water partition coefficient (Wildman–Crippen LogP) is 4.18. The molecule has 122 valence electrons. The number of nitriles is 1. The minimum Gasteiger partial charge on any atom is -0.399 e. The lowest BCUT2D eigenvalue weighted by molar-refractivity contribution is 0.00578. The van der Waals surface area contributed by atoms with Gasteiger partial charge < -0.3 is 9.31 Å². The second-order valence-corrected chi connectivity index (χ2v) is 7.39. The zero-order valence-corrected chi connectivity index (χ0v) is 15.0. The van der Waals surface area contributed by atoms with Crippen molar-refractivity contribution in [1.82, 2.24) is 0 Å². The van der Waals surface area contributed by atoms with Gasteiger partial charge in [-0.3, -0.25) is 0 Å². The van der Waals surface area contributed by atoms with Gasteiger partial charge in [0, 0.05) is 16.1 Å². The van der Waals surface area contributed by atoms with Gasteiger partial charge in [-0.05, 0) is 45.3 Å². The molecule has 0 atom stereocenters. The number of nitrogens with zero attached hydrogens (tertiary/aromatic N) is 1. The van der Waals surface area contributed by atoms with Gasteiger partial charge in [-0.25, -0.2) is 0 Å². The van der Waals surface area contributed by atoms with Crippen LogP contribution in [0.25, 0.3) is 11.1 Å². The van der Waals surface area contributed by atoms with Gasteiger partial charge in [0.05, 0.1) is 22.8 Å². The molecule has 0 radical (unpaired) electrons. The first kappa shape index (κ1) is 17.0. The van der Waals surface area contributed by atoms with E-state index in [1.165, 1.54) is 0 Å². The van der Waals surface area contributed by atoms with Crippen LogP contribution < -0.4 is 5.46 Å². The molecule has 0 unspecified atom stereocenters. The van der Waals surface area contributed by atoms with Crippen LogP contribution in [-0.4, -0.2) is 18.3 Å².